The van der Waals surface area contributed by atoms with Crippen LogP contribution in [0.1, 0.15) is 5.56 Å². The van der Waals surface area contributed by atoms with E-state index in [4.69, 9.17) is 6.42 Å². The zero-order valence-corrected chi connectivity index (χ0v) is 13.6. The predicted molar refractivity (Wildman–Crippen MR) is 86.5 cm³/mol. The van der Waals surface area contributed by atoms with E-state index in [2.05, 4.69) is 48.2 Å². The number of terminal acetylenes is 1. The molecular weight excluding hydrogens is 386 g/mol. The van der Waals surface area contributed by atoms with E-state index >= 15 is 0 Å². The van der Waals surface area contributed by atoms with Gasteiger partial charge in [0.2, 0.25) is 0 Å². The Hall–Kier alpha value is -1.58. The highest BCUT2D eigenvalue weighted by atomic mass is 79.9. The van der Waals surface area contributed by atoms with Crippen LogP contribution in [0.15, 0.2) is 44.2 Å². The van der Waals surface area contributed by atoms with Gasteiger partial charge in [0.25, 0.3) is 5.56 Å². The number of rotatable bonds is 4. The molecule has 2 aromatic rings. The Morgan fingerprint density at radius 1 is 1.30 bits per heavy atom. The first-order valence-corrected chi connectivity index (χ1v) is 7.38. The van der Waals surface area contributed by atoms with Crippen LogP contribution in [0.3, 0.4) is 0 Å². The van der Waals surface area contributed by atoms with Crippen molar-refractivity contribution in [2.75, 3.05) is 5.32 Å². The Morgan fingerprint density at radius 3 is 2.65 bits per heavy atom. The number of aromatic nitrogens is 2. The number of hydrogen-bond donors (Lipinski definition) is 1. The van der Waals surface area contributed by atoms with Crippen LogP contribution in [-0.4, -0.2) is 9.78 Å². The quantitative estimate of drug-likeness (QED) is 0.808. The predicted octanol–water partition coefficient (Wildman–Crippen LogP) is 3.01. The minimum atomic E-state index is -0.247. The number of nitrogens with one attached hydrogen (secondary N) is 1. The molecule has 4 nitrogen and oxygen atoms in total. The van der Waals surface area contributed by atoms with Gasteiger partial charge in [-0.2, -0.15) is 5.10 Å². The van der Waals surface area contributed by atoms with Gasteiger partial charge in [0.15, 0.2) is 0 Å². The molecule has 1 aromatic heterocycles. The normalized spacial score (nSPS) is 10.1. The Bertz CT molecular complexity index is 702. The molecule has 1 aromatic carbocycles. The summed E-state index contributed by atoms with van der Waals surface area (Å²) in [4.78, 5) is 11.9. The second kappa shape index (κ2) is 6.73. The number of nitrogens with zero attached hydrogens (tertiary/aromatic N) is 2. The van der Waals surface area contributed by atoms with Crippen molar-refractivity contribution in [2.45, 2.75) is 13.1 Å². The molecule has 0 saturated heterocycles. The maximum absolute atomic E-state index is 11.9. The first kappa shape index (κ1) is 14.8. The highest BCUT2D eigenvalue weighted by molar-refractivity contribution is 9.10. The zero-order valence-electron chi connectivity index (χ0n) is 10.4. The summed E-state index contributed by atoms with van der Waals surface area (Å²) in [5, 5.41) is 7.19. The summed E-state index contributed by atoms with van der Waals surface area (Å²) in [6.45, 7) is 0.760. The lowest BCUT2D eigenvalue weighted by Gasteiger charge is -2.09. The molecule has 0 spiro atoms. The van der Waals surface area contributed by atoms with Crippen LogP contribution in [0.5, 0.6) is 0 Å². The van der Waals surface area contributed by atoms with E-state index in [0.29, 0.717) is 16.7 Å². The lowest BCUT2D eigenvalue weighted by atomic mass is 10.2. The second-order valence-corrected chi connectivity index (χ2v) is 5.73. The topological polar surface area (TPSA) is 46.9 Å². The fourth-order valence-corrected chi connectivity index (χ4v) is 2.30. The Kier molecular flexibility index (Phi) is 4.99. The highest BCUT2D eigenvalue weighted by Gasteiger charge is 2.07. The fraction of sp³-hybridized carbons (Fsp3) is 0.143. The molecule has 0 bridgehead atoms. The van der Waals surface area contributed by atoms with Gasteiger partial charge in [-0.25, -0.2) is 4.68 Å². The van der Waals surface area contributed by atoms with Gasteiger partial charge in [0.1, 0.15) is 11.0 Å². The van der Waals surface area contributed by atoms with Crippen molar-refractivity contribution in [3.8, 4) is 12.3 Å². The molecule has 0 saturated carbocycles. The third kappa shape index (κ3) is 3.50. The maximum Gasteiger partial charge on any atom is 0.284 e. The van der Waals surface area contributed by atoms with Crippen LogP contribution in [0.4, 0.5) is 5.69 Å². The second-order valence-electron chi connectivity index (χ2n) is 4.02. The van der Waals surface area contributed by atoms with Gasteiger partial charge >= 0.3 is 0 Å². The van der Waals surface area contributed by atoms with Crippen LogP contribution >= 0.6 is 31.9 Å². The van der Waals surface area contributed by atoms with Crippen molar-refractivity contribution in [3.63, 3.8) is 0 Å². The molecule has 0 aliphatic rings. The lowest BCUT2D eigenvalue weighted by Crippen LogP contribution is -2.24. The van der Waals surface area contributed by atoms with Crippen molar-refractivity contribution in [2.24, 2.45) is 0 Å². The summed E-state index contributed by atoms with van der Waals surface area (Å²) in [5.41, 5.74) is 1.50. The van der Waals surface area contributed by atoms with E-state index in [0.717, 1.165) is 10.0 Å². The van der Waals surface area contributed by atoms with Crippen molar-refractivity contribution < 1.29 is 0 Å². The molecule has 0 amide bonds. The summed E-state index contributed by atoms with van der Waals surface area (Å²) < 4.78 is 2.69. The average Bonchev–Trinajstić information content (AvgIpc) is 2.45. The number of anilines is 1. The third-order valence-electron chi connectivity index (χ3n) is 2.62. The molecule has 0 fully saturated rings. The van der Waals surface area contributed by atoms with Gasteiger partial charge < -0.3 is 5.32 Å². The largest absolute Gasteiger partial charge is 0.379 e. The summed E-state index contributed by atoms with van der Waals surface area (Å²) in [5.74, 6) is 2.39. The summed E-state index contributed by atoms with van der Waals surface area (Å²) >= 11 is 6.66. The standard InChI is InChI=1S/C14H11Br2N3O/c1-2-7-19-14(20)13(16)12(9-18-19)17-8-10-3-5-11(15)6-4-10/h1,3-6,9,17H,7-8H2. The van der Waals surface area contributed by atoms with Crippen molar-refractivity contribution in [1.29, 1.82) is 0 Å². The minimum Gasteiger partial charge on any atom is -0.379 e. The number of halogens is 2. The van der Waals surface area contributed by atoms with Gasteiger partial charge in [0, 0.05) is 11.0 Å². The van der Waals surface area contributed by atoms with Gasteiger partial charge in [-0.15, -0.1) is 6.42 Å². The Balaban J connectivity index is 2.14. The molecular formula is C14H11Br2N3O. The molecule has 0 atom stereocenters. The molecule has 102 valence electrons. The SMILES string of the molecule is C#CCn1ncc(NCc2ccc(Br)cc2)c(Br)c1=O. The van der Waals surface area contributed by atoms with Gasteiger partial charge in [-0.05, 0) is 33.6 Å². The molecule has 0 aliphatic heterocycles. The maximum atomic E-state index is 11.9. The smallest absolute Gasteiger partial charge is 0.284 e. The van der Waals surface area contributed by atoms with E-state index in [-0.39, 0.29) is 12.1 Å². The van der Waals surface area contributed by atoms with E-state index in [1.807, 2.05) is 24.3 Å². The molecule has 0 aliphatic carbocycles. The molecule has 2 rings (SSSR count). The van der Waals surface area contributed by atoms with Gasteiger partial charge in [-0.1, -0.05) is 34.0 Å². The minimum absolute atomic E-state index is 0.157. The molecule has 6 heteroatoms. The summed E-state index contributed by atoms with van der Waals surface area (Å²) in [7, 11) is 0. The van der Waals surface area contributed by atoms with Crippen LogP contribution < -0.4 is 10.9 Å². The zero-order chi connectivity index (χ0) is 14.5. The molecule has 1 N–H and O–H groups in total. The number of hydrogen-bond acceptors (Lipinski definition) is 3. The van der Waals surface area contributed by atoms with E-state index in [9.17, 15) is 4.79 Å². The average molecular weight is 397 g/mol. The van der Waals surface area contributed by atoms with Crippen LogP contribution in [0, 0.1) is 12.3 Å². The third-order valence-corrected chi connectivity index (χ3v) is 3.92. The van der Waals surface area contributed by atoms with Crippen molar-refractivity contribution in [3.05, 3.63) is 55.3 Å². The van der Waals surface area contributed by atoms with Crippen LogP contribution in [0.2, 0.25) is 0 Å². The van der Waals surface area contributed by atoms with Gasteiger partial charge in [-0.3, -0.25) is 4.79 Å². The van der Waals surface area contributed by atoms with E-state index in [1.54, 1.807) is 6.20 Å². The van der Waals surface area contributed by atoms with Crippen LogP contribution in [-0.2, 0) is 13.1 Å². The van der Waals surface area contributed by atoms with Gasteiger partial charge in [0.05, 0.1) is 11.9 Å². The molecule has 1 heterocycles. The monoisotopic (exact) mass is 395 g/mol. The van der Waals surface area contributed by atoms with E-state index < -0.39 is 0 Å². The van der Waals surface area contributed by atoms with Crippen molar-refractivity contribution in [1.82, 2.24) is 9.78 Å². The van der Waals surface area contributed by atoms with Crippen molar-refractivity contribution >= 4 is 37.5 Å². The highest BCUT2D eigenvalue weighted by Crippen LogP contribution is 2.18. The van der Waals surface area contributed by atoms with Crippen LogP contribution in [0.25, 0.3) is 0 Å². The first-order chi connectivity index (χ1) is 9.61. The summed E-state index contributed by atoms with van der Waals surface area (Å²) in [6, 6.07) is 7.93. The molecule has 0 unspecified atom stereocenters. The lowest BCUT2D eigenvalue weighted by molar-refractivity contribution is 0.659. The fourth-order valence-electron chi connectivity index (χ4n) is 1.59. The Morgan fingerprint density at radius 2 is 2.00 bits per heavy atom. The Labute approximate surface area is 133 Å². The molecule has 20 heavy (non-hydrogen) atoms. The number of benzene rings is 1. The first-order valence-electron chi connectivity index (χ1n) is 5.79. The summed E-state index contributed by atoms with van der Waals surface area (Å²) in [6.07, 6.45) is 6.76. The molecule has 0 radical (unpaired) electrons. The van der Waals surface area contributed by atoms with E-state index in [1.165, 1.54) is 4.68 Å².